The number of carbonyl (C=O) groups is 1. The molecule has 0 bridgehead atoms. The average Bonchev–Trinajstić information content (AvgIpc) is 2.35. The van der Waals surface area contributed by atoms with Gasteiger partial charge in [0.25, 0.3) is 5.91 Å². The van der Waals surface area contributed by atoms with Crippen LogP contribution >= 0.6 is 0 Å². The number of anilines is 1. The van der Waals surface area contributed by atoms with Crippen molar-refractivity contribution < 1.29 is 9.90 Å². The van der Waals surface area contributed by atoms with Gasteiger partial charge in [-0.05, 0) is 24.6 Å². The largest absolute Gasteiger partial charge is 0.394 e. The van der Waals surface area contributed by atoms with E-state index in [0.29, 0.717) is 5.56 Å². The predicted molar refractivity (Wildman–Crippen MR) is 69.4 cm³/mol. The quantitative estimate of drug-likeness (QED) is 0.809. The summed E-state index contributed by atoms with van der Waals surface area (Å²) in [4.78, 5) is 13.9. The topological polar surface area (TPSA) is 52.6 Å². The van der Waals surface area contributed by atoms with Crippen molar-refractivity contribution in [3.05, 3.63) is 29.8 Å². The van der Waals surface area contributed by atoms with Crippen LogP contribution in [-0.4, -0.2) is 37.8 Å². The molecule has 0 unspecified atom stereocenters. The van der Waals surface area contributed by atoms with Crippen LogP contribution in [0.25, 0.3) is 0 Å². The molecule has 1 aromatic carbocycles. The van der Waals surface area contributed by atoms with Crippen LogP contribution in [-0.2, 0) is 0 Å². The highest BCUT2D eigenvalue weighted by Gasteiger charge is 2.11. The SMILES string of the molecule is CC[C@H](CO)NC(=O)c1cccc(N(C)C)c1. The molecule has 0 radical (unpaired) electrons. The third kappa shape index (κ3) is 3.75. The van der Waals surface area contributed by atoms with Crippen LogP contribution in [0.3, 0.4) is 0 Å². The monoisotopic (exact) mass is 236 g/mol. The number of aliphatic hydroxyl groups is 1. The lowest BCUT2D eigenvalue weighted by molar-refractivity contribution is 0.0915. The molecule has 1 rings (SSSR count). The number of nitrogens with zero attached hydrogens (tertiary/aromatic N) is 1. The van der Waals surface area contributed by atoms with Gasteiger partial charge in [0.05, 0.1) is 12.6 Å². The van der Waals surface area contributed by atoms with Crippen LogP contribution in [0.5, 0.6) is 0 Å². The summed E-state index contributed by atoms with van der Waals surface area (Å²) in [6.07, 6.45) is 0.718. The molecule has 1 atom stereocenters. The highest BCUT2D eigenvalue weighted by atomic mass is 16.3. The second kappa shape index (κ2) is 6.25. The van der Waals surface area contributed by atoms with Crippen molar-refractivity contribution >= 4 is 11.6 Å². The van der Waals surface area contributed by atoms with E-state index in [1.54, 1.807) is 6.07 Å². The molecule has 0 fully saturated rings. The van der Waals surface area contributed by atoms with Gasteiger partial charge in [-0.3, -0.25) is 4.79 Å². The molecular weight excluding hydrogens is 216 g/mol. The second-order valence-electron chi connectivity index (χ2n) is 4.21. The first-order valence-corrected chi connectivity index (χ1v) is 5.77. The Morgan fingerprint density at radius 2 is 2.18 bits per heavy atom. The van der Waals surface area contributed by atoms with Crippen LogP contribution in [0, 0.1) is 0 Å². The van der Waals surface area contributed by atoms with E-state index in [2.05, 4.69) is 5.32 Å². The van der Waals surface area contributed by atoms with Crippen LogP contribution in [0.1, 0.15) is 23.7 Å². The Labute approximate surface area is 102 Å². The zero-order chi connectivity index (χ0) is 12.8. The van der Waals surface area contributed by atoms with Crippen molar-refractivity contribution in [3.63, 3.8) is 0 Å². The zero-order valence-corrected chi connectivity index (χ0v) is 10.6. The van der Waals surface area contributed by atoms with E-state index in [1.165, 1.54) is 0 Å². The molecule has 0 spiro atoms. The van der Waals surface area contributed by atoms with Gasteiger partial charge in [-0.25, -0.2) is 0 Å². The number of rotatable bonds is 5. The standard InChI is InChI=1S/C13H20N2O2/c1-4-11(9-16)14-13(17)10-6-5-7-12(8-10)15(2)3/h5-8,11,16H,4,9H2,1-3H3,(H,14,17)/t11-/m1/s1. The average molecular weight is 236 g/mol. The predicted octanol–water partition coefficient (Wildman–Crippen LogP) is 1.25. The smallest absolute Gasteiger partial charge is 0.251 e. The number of nitrogens with one attached hydrogen (secondary N) is 1. The molecule has 4 nitrogen and oxygen atoms in total. The first-order valence-electron chi connectivity index (χ1n) is 5.77. The third-order valence-corrected chi connectivity index (χ3v) is 2.67. The maximum atomic E-state index is 11.9. The molecular formula is C13H20N2O2. The number of carbonyl (C=O) groups excluding carboxylic acids is 1. The van der Waals surface area contributed by atoms with Crippen molar-refractivity contribution in [2.24, 2.45) is 0 Å². The van der Waals surface area contributed by atoms with Gasteiger partial charge < -0.3 is 15.3 Å². The van der Waals surface area contributed by atoms with Crippen LogP contribution in [0.4, 0.5) is 5.69 Å². The van der Waals surface area contributed by atoms with Crippen molar-refractivity contribution in [1.82, 2.24) is 5.32 Å². The first-order chi connectivity index (χ1) is 8.08. The molecule has 2 N–H and O–H groups in total. The first kappa shape index (κ1) is 13.5. The molecule has 1 aromatic rings. The fourth-order valence-corrected chi connectivity index (χ4v) is 1.47. The fourth-order valence-electron chi connectivity index (χ4n) is 1.47. The van der Waals surface area contributed by atoms with Crippen LogP contribution in [0.15, 0.2) is 24.3 Å². The Bertz CT molecular complexity index is 373. The number of amides is 1. The summed E-state index contributed by atoms with van der Waals surface area (Å²) in [5, 5.41) is 11.8. The van der Waals surface area contributed by atoms with Crippen molar-refractivity contribution in [2.45, 2.75) is 19.4 Å². The van der Waals surface area contributed by atoms with E-state index >= 15 is 0 Å². The van der Waals surface area contributed by atoms with E-state index in [9.17, 15) is 4.79 Å². The normalized spacial score (nSPS) is 12.0. The highest BCUT2D eigenvalue weighted by Crippen LogP contribution is 2.13. The molecule has 4 heteroatoms. The molecule has 17 heavy (non-hydrogen) atoms. The van der Waals surface area contributed by atoms with Gasteiger partial charge in [0.15, 0.2) is 0 Å². The summed E-state index contributed by atoms with van der Waals surface area (Å²) in [6.45, 7) is 1.90. The van der Waals surface area contributed by atoms with E-state index in [4.69, 9.17) is 5.11 Å². The Morgan fingerprint density at radius 3 is 2.71 bits per heavy atom. The van der Waals surface area contributed by atoms with E-state index in [-0.39, 0.29) is 18.6 Å². The number of benzene rings is 1. The summed E-state index contributed by atoms with van der Waals surface area (Å²) in [5.74, 6) is -0.144. The number of hydrogen-bond acceptors (Lipinski definition) is 3. The lowest BCUT2D eigenvalue weighted by Gasteiger charge is -2.16. The van der Waals surface area contributed by atoms with Gasteiger partial charge in [0.2, 0.25) is 0 Å². The lowest BCUT2D eigenvalue weighted by atomic mass is 10.1. The Morgan fingerprint density at radius 1 is 1.47 bits per heavy atom. The fraction of sp³-hybridized carbons (Fsp3) is 0.462. The maximum Gasteiger partial charge on any atom is 0.251 e. The molecule has 1 amide bonds. The van der Waals surface area contributed by atoms with Gasteiger partial charge in [0.1, 0.15) is 0 Å². The van der Waals surface area contributed by atoms with Gasteiger partial charge in [-0.15, -0.1) is 0 Å². The molecule has 0 saturated carbocycles. The van der Waals surface area contributed by atoms with Crippen LogP contribution < -0.4 is 10.2 Å². The van der Waals surface area contributed by atoms with Gasteiger partial charge in [-0.2, -0.15) is 0 Å². The Kier molecular flexibility index (Phi) is 4.97. The van der Waals surface area contributed by atoms with E-state index in [1.807, 2.05) is 44.1 Å². The molecule has 0 aliphatic rings. The van der Waals surface area contributed by atoms with Crippen molar-refractivity contribution in [3.8, 4) is 0 Å². The Balaban J connectivity index is 2.78. The van der Waals surface area contributed by atoms with Crippen molar-refractivity contribution in [2.75, 3.05) is 25.6 Å². The third-order valence-electron chi connectivity index (χ3n) is 2.67. The minimum atomic E-state index is -0.175. The lowest BCUT2D eigenvalue weighted by Crippen LogP contribution is -2.36. The summed E-state index contributed by atoms with van der Waals surface area (Å²) >= 11 is 0. The molecule has 94 valence electrons. The number of aliphatic hydroxyl groups excluding tert-OH is 1. The summed E-state index contributed by atoms with van der Waals surface area (Å²) in [5.41, 5.74) is 1.60. The Hall–Kier alpha value is -1.55. The molecule has 0 aliphatic heterocycles. The summed E-state index contributed by atoms with van der Waals surface area (Å²) in [7, 11) is 3.86. The van der Waals surface area contributed by atoms with Crippen LogP contribution in [0.2, 0.25) is 0 Å². The molecule has 0 aliphatic carbocycles. The van der Waals surface area contributed by atoms with Gasteiger partial charge >= 0.3 is 0 Å². The van der Waals surface area contributed by atoms with E-state index < -0.39 is 0 Å². The maximum absolute atomic E-state index is 11.9. The zero-order valence-electron chi connectivity index (χ0n) is 10.6. The van der Waals surface area contributed by atoms with Gasteiger partial charge in [-0.1, -0.05) is 13.0 Å². The summed E-state index contributed by atoms with van der Waals surface area (Å²) < 4.78 is 0. The second-order valence-corrected chi connectivity index (χ2v) is 4.21. The van der Waals surface area contributed by atoms with Gasteiger partial charge in [0, 0.05) is 25.3 Å². The van der Waals surface area contributed by atoms with Crippen molar-refractivity contribution in [1.29, 1.82) is 0 Å². The molecule has 0 heterocycles. The highest BCUT2D eigenvalue weighted by molar-refractivity contribution is 5.95. The summed E-state index contributed by atoms with van der Waals surface area (Å²) in [6, 6.07) is 7.22. The molecule has 0 aromatic heterocycles. The minimum Gasteiger partial charge on any atom is -0.394 e. The van der Waals surface area contributed by atoms with E-state index in [0.717, 1.165) is 12.1 Å². The molecule has 0 saturated heterocycles. The minimum absolute atomic E-state index is 0.0321. The number of hydrogen-bond donors (Lipinski definition) is 2.